The summed E-state index contributed by atoms with van der Waals surface area (Å²) in [7, 11) is -21.6. The third-order valence-corrected chi connectivity index (χ3v) is 0. The van der Waals surface area contributed by atoms with E-state index in [1.54, 1.807) is 0 Å². The van der Waals surface area contributed by atoms with E-state index in [4.69, 9.17) is 77.0 Å². The van der Waals surface area contributed by atoms with E-state index in [1.165, 1.54) is 0 Å². The van der Waals surface area contributed by atoms with Crippen molar-refractivity contribution in [3.63, 3.8) is 0 Å². The Balaban J connectivity index is -0.00000000970. The van der Waals surface area contributed by atoms with E-state index in [1.807, 2.05) is 0 Å². The summed E-state index contributed by atoms with van der Waals surface area (Å²) in [5.74, 6) is 0. The van der Waals surface area contributed by atoms with Crippen LogP contribution in [0.5, 0.6) is 0 Å². The van der Waals surface area contributed by atoms with Crippen molar-refractivity contribution in [1.29, 1.82) is 0 Å². The minimum absolute atomic E-state index is 0. The van der Waals surface area contributed by atoms with Crippen LogP contribution >= 0.6 is 31.3 Å². The summed E-state index contributed by atoms with van der Waals surface area (Å²) in [6.07, 6.45) is 0. The van der Waals surface area contributed by atoms with Crippen LogP contribution < -0.4 is 204 Å². The SMILES string of the molecule is O=P([O-])([O-])[O-].O=P([O-])([O-])[O-].O=P([O-])([O-])[O-].O=P([O-])([O-])[O-].[Li+].[Li+].[Li+].[Mn+2].[Mn+2].[Mn+2].[Na+].[Na+].[Na+]. The summed E-state index contributed by atoms with van der Waals surface area (Å²) in [6, 6.07) is 0. The zero-order valence-electron chi connectivity index (χ0n) is 15.5. The molecule has 0 aromatic heterocycles. The van der Waals surface area contributed by atoms with Crippen molar-refractivity contribution in [2.75, 3.05) is 0 Å². The maximum atomic E-state index is 8.55. The minimum atomic E-state index is -5.39. The van der Waals surface area contributed by atoms with E-state index < -0.39 is 31.3 Å². The van der Waals surface area contributed by atoms with Crippen molar-refractivity contribution in [3.05, 3.63) is 0 Å². The Labute approximate surface area is 299 Å². The van der Waals surface area contributed by atoms with Gasteiger partial charge in [0.15, 0.2) is 0 Å². The first-order chi connectivity index (χ1) is 8.00. The van der Waals surface area contributed by atoms with Crippen LogP contribution in [0.1, 0.15) is 0 Å². The summed E-state index contributed by atoms with van der Waals surface area (Å²) in [4.78, 5) is 103. The molecule has 143 valence electrons. The van der Waals surface area contributed by atoms with Gasteiger partial charge in [-0.3, -0.25) is 0 Å². The zero-order valence-corrected chi connectivity index (χ0v) is 28.6. The molecular formula is Li3Mn3Na3O16P4. The van der Waals surface area contributed by atoms with Gasteiger partial charge in [0, 0.05) is 0 Å². The van der Waals surface area contributed by atoms with Gasteiger partial charge in [-0.05, 0) is 0 Å². The number of hydrogen-bond acceptors (Lipinski definition) is 16. The van der Waals surface area contributed by atoms with Crippen LogP contribution in [0.25, 0.3) is 0 Å². The van der Waals surface area contributed by atoms with Crippen molar-refractivity contribution in [1.82, 2.24) is 0 Å². The minimum Gasteiger partial charge on any atom is -0.822 e. The second-order valence-electron chi connectivity index (χ2n) is 1.79. The van der Waals surface area contributed by atoms with Crippen molar-refractivity contribution < 1.29 is 273 Å². The molecule has 0 fully saturated rings. The molecule has 0 aliphatic carbocycles. The molecule has 0 spiro atoms. The van der Waals surface area contributed by atoms with Gasteiger partial charge in [0.1, 0.15) is 0 Å². The fourth-order valence-electron chi connectivity index (χ4n) is 0. The van der Waals surface area contributed by atoms with E-state index in [-0.39, 0.29) is 196 Å². The second kappa shape index (κ2) is 41.9. The Bertz CT molecular complexity index is 319. The summed E-state index contributed by atoms with van der Waals surface area (Å²) in [5, 5.41) is 0. The third kappa shape index (κ3) is 811. The van der Waals surface area contributed by atoms with Gasteiger partial charge in [0.05, 0.1) is 0 Å². The van der Waals surface area contributed by atoms with E-state index in [0.29, 0.717) is 0 Å². The smallest absolute Gasteiger partial charge is 0.822 e. The molecule has 0 unspecified atom stereocenters. The van der Waals surface area contributed by atoms with Gasteiger partial charge in [-0.25, -0.2) is 0 Å². The Kier molecular flexibility index (Phi) is 121. The molecule has 0 aliphatic rings. The van der Waals surface area contributed by atoms with Crippen LogP contribution in [0.3, 0.4) is 0 Å². The molecule has 0 aromatic rings. The molecule has 29 heteroatoms. The van der Waals surface area contributed by atoms with Crippen LogP contribution in [0, 0.1) is 0 Å². The van der Waals surface area contributed by atoms with Crippen LogP contribution in [0.2, 0.25) is 0 Å². The Morgan fingerprint density at radius 3 is 0.310 bits per heavy atom. The zero-order chi connectivity index (χ0) is 18.0. The molecule has 29 heavy (non-hydrogen) atoms. The standard InChI is InChI=1S/3Li.3Mn.3Na.4H3O4P/c;;;;;;;;;4*1-5(2,3)4/h;;;;;;;;;4*(H3,1,2,3,4)/q3*+1;3*+2;3*+1;;;;/p-12. The van der Waals surface area contributed by atoms with Gasteiger partial charge in [0.2, 0.25) is 0 Å². The van der Waals surface area contributed by atoms with Crippen molar-refractivity contribution >= 4 is 31.3 Å². The topological polar surface area (TPSA) is 345 Å². The normalized spacial score (nSPS) is 8.14. The number of phosphoric acid groups is 4. The van der Waals surface area contributed by atoms with Crippen molar-refractivity contribution in [2.24, 2.45) is 0 Å². The molecule has 0 atom stereocenters. The van der Waals surface area contributed by atoms with Gasteiger partial charge in [0.25, 0.3) is 0 Å². The van der Waals surface area contributed by atoms with Crippen LogP contribution in [0.4, 0.5) is 0 Å². The van der Waals surface area contributed by atoms with Crippen molar-refractivity contribution in [3.8, 4) is 0 Å². The molecule has 3 radical (unpaired) electrons. The fourth-order valence-corrected chi connectivity index (χ4v) is 0. The van der Waals surface area contributed by atoms with Gasteiger partial charge < -0.3 is 77.0 Å². The van der Waals surface area contributed by atoms with Crippen LogP contribution in [-0.4, -0.2) is 0 Å². The largest absolute Gasteiger partial charge is 2.00 e. The molecular weight excluding hydrogens is 634 g/mol. The monoisotopic (exact) mass is 635 g/mol. The molecule has 0 saturated carbocycles. The van der Waals surface area contributed by atoms with Gasteiger partial charge >= 0.3 is 196 Å². The maximum Gasteiger partial charge on any atom is 2.00 e. The average molecular weight is 634 g/mol. The first-order valence-corrected chi connectivity index (χ1v) is 8.76. The van der Waals surface area contributed by atoms with Crippen molar-refractivity contribution in [2.45, 2.75) is 0 Å². The van der Waals surface area contributed by atoms with E-state index in [2.05, 4.69) is 0 Å². The molecule has 0 saturated heterocycles. The molecule has 16 nitrogen and oxygen atoms in total. The Morgan fingerprint density at radius 2 is 0.310 bits per heavy atom. The molecule has 0 aliphatic heterocycles. The van der Waals surface area contributed by atoms with Crippen LogP contribution in [0.15, 0.2) is 0 Å². The Hall–Kier alpha value is 6.79. The van der Waals surface area contributed by atoms with Gasteiger partial charge in [-0.2, -0.15) is 31.3 Å². The predicted octanol–water partition coefficient (Wildman–Crippen LogP) is -29.3. The summed E-state index contributed by atoms with van der Waals surface area (Å²) >= 11 is 0. The Morgan fingerprint density at radius 1 is 0.310 bits per heavy atom. The molecule has 0 rings (SSSR count). The van der Waals surface area contributed by atoms with Gasteiger partial charge in [-0.15, -0.1) is 0 Å². The summed E-state index contributed by atoms with van der Waals surface area (Å²) in [5.41, 5.74) is 0. The van der Waals surface area contributed by atoms with Gasteiger partial charge in [-0.1, -0.05) is 0 Å². The molecule has 0 bridgehead atoms. The van der Waals surface area contributed by atoms with E-state index >= 15 is 0 Å². The first-order valence-electron chi connectivity index (χ1n) is 2.92. The molecule has 0 heterocycles. The molecule has 0 aromatic carbocycles. The number of hydrogen-bond donors (Lipinski definition) is 0. The number of rotatable bonds is 0. The van der Waals surface area contributed by atoms with Crippen LogP contribution in [-0.2, 0) is 69.5 Å². The predicted molar refractivity (Wildman–Crippen MR) is 30.4 cm³/mol. The maximum absolute atomic E-state index is 8.55. The van der Waals surface area contributed by atoms with E-state index in [0.717, 1.165) is 0 Å². The van der Waals surface area contributed by atoms with E-state index in [9.17, 15) is 0 Å². The third-order valence-electron chi connectivity index (χ3n) is 0. The fraction of sp³-hybridized carbons (Fsp3) is 0. The average Bonchev–Trinajstić information content (AvgIpc) is 1.62. The molecule has 0 amide bonds. The first kappa shape index (κ1) is 83.4. The summed E-state index contributed by atoms with van der Waals surface area (Å²) in [6.45, 7) is 0. The second-order valence-corrected chi connectivity index (χ2v) is 5.37. The quantitative estimate of drug-likeness (QED) is 0.176. The molecule has 0 N–H and O–H groups in total. The summed E-state index contributed by atoms with van der Waals surface area (Å²) < 4.78 is 34.2.